The number of nitrogens with zero attached hydrogens (tertiary/aromatic N) is 1. The Morgan fingerprint density at radius 3 is 1.12 bits per heavy atom. The number of hydrogen-bond acceptors (Lipinski definition) is 7. The molecule has 3 unspecified atom stereocenters. The van der Waals surface area contributed by atoms with Crippen LogP contribution in [0.5, 0.6) is 0 Å². The summed E-state index contributed by atoms with van der Waals surface area (Å²) in [5.74, 6) is -0.539. The first-order valence-electron chi connectivity index (χ1n) is 35.2. The van der Waals surface area contributed by atoms with Crippen molar-refractivity contribution >= 4 is 19.7 Å². The maximum Gasteiger partial charge on any atom is 0.306 e. The molecule has 0 heterocycles. The Kier molecular flexibility index (Phi) is 60.6. The average Bonchev–Trinajstić information content (AvgIpc) is 3.46. The number of amides is 1. The number of esters is 1. The summed E-state index contributed by atoms with van der Waals surface area (Å²) in [6.07, 6.45) is 81.5. The van der Waals surface area contributed by atoms with Crippen LogP contribution in [0.2, 0.25) is 0 Å². The molecule has 0 aromatic heterocycles. The fraction of sp³-hybridized carbons (Fsp3) is 0.808. The lowest BCUT2D eigenvalue weighted by atomic mass is 10.0. The van der Waals surface area contributed by atoms with Crippen LogP contribution in [-0.2, 0) is 27.9 Å². The van der Waals surface area contributed by atoms with Crippen molar-refractivity contribution in [2.45, 2.75) is 341 Å². The minimum atomic E-state index is -4.71. The topological polar surface area (TPSA) is 114 Å². The van der Waals surface area contributed by atoms with Gasteiger partial charge in [0.1, 0.15) is 19.3 Å². The third-order valence-corrected chi connectivity index (χ3v) is 16.6. The molecule has 0 saturated carbocycles. The van der Waals surface area contributed by atoms with E-state index in [1.165, 1.54) is 205 Å². The molecule has 1 N–H and O–H groups in total. The van der Waals surface area contributed by atoms with Gasteiger partial charge < -0.3 is 28.5 Å². The minimum Gasteiger partial charge on any atom is -0.756 e. The number of phosphoric ester groups is 1. The molecule has 10 heteroatoms. The van der Waals surface area contributed by atoms with E-state index in [4.69, 9.17) is 13.8 Å². The highest BCUT2D eigenvalue weighted by atomic mass is 31.2. The molecular formula is C73H135N2O7P. The molecule has 3 atom stereocenters. The van der Waals surface area contributed by atoms with E-state index >= 15 is 0 Å². The van der Waals surface area contributed by atoms with Crippen LogP contribution in [-0.4, -0.2) is 69.4 Å². The summed E-state index contributed by atoms with van der Waals surface area (Å²) in [5, 5.41) is 3.04. The predicted molar refractivity (Wildman–Crippen MR) is 358 cm³/mol. The van der Waals surface area contributed by atoms with Crippen LogP contribution in [0.1, 0.15) is 329 Å². The van der Waals surface area contributed by atoms with Crippen LogP contribution in [0.25, 0.3) is 0 Å². The standard InChI is InChI=1S/C73H135N2O7P/c1-7-10-13-16-19-22-25-28-30-32-34-35-36-37-38-39-41-43-45-48-51-54-57-60-63-66-73(77)82-71(64-61-58-55-52-49-46-27-24-21-18-15-12-9-3)70(69-81-83(78,79)80-68-67-75(4,5)6)74-72(76)65-62-59-56-53-50-47-44-42-40-33-31-29-26-23-20-17-14-11-8-2/h19-20,22-23,28-31,34-35,61,64,70-71H,7-18,21,24-27,32-33,36-60,62-63,65-69H2,1-6H3,(H-,74,76,78,79)/b22-19-,23-20-,30-28-,31-29-,35-34-,64-61-. The van der Waals surface area contributed by atoms with E-state index in [0.717, 1.165) is 89.9 Å². The Bertz CT molecular complexity index is 1650. The zero-order valence-electron chi connectivity index (χ0n) is 55.4. The van der Waals surface area contributed by atoms with Gasteiger partial charge in [-0.2, -0.15) is 0 Å². The number of allylic oxidation sites excluding steroid dienone is 11. The molecule has 1 amide bonds. The van der Waals surface area contributed by atoms with E-state index in [1.54, 1.807) is 0 Å². The summed E-state index contributed by atoms with van der Waals surface area (Å²) in [6, 6.07) is -0.894. The van der Waals surface area contributed by atoms with E-state index in [2.05, 4.69) is 86.8 Å². The van der Waals surface area contributed by atoms with Crippen molar-refractivity contribution in [1.29, 1.82) is 0 Å². The molecule has 0 aliphatic rings. The number of carbonyl (C=O) groups excluding carboxylic acids is 2. The minimum absolute atomic E-state index is 0.0245. The van der Waals surface area contributed by atoms with E-state index in [-0.39, 0.29) is 24.9 Å². The number of unbranched alkanes of at least 4 members (excludes halogenated alkanes) is 38. The van der Waals surface area contributed by atoms with Gasteiger partial charge in [-0.25, -0.2) is 0 Å². The van der Waals surface area contributed by atoms with Gasteiger partial charge in [0.2, 0.25) is 5.91 Å². The number of nitrogens with one attached hydrogen (secondary N) is 1. The maximum atomic E-state index is 13.6. The molecule has 0 spiro atoms. The molecule has 0 aromatic carbocycles. The van der Waals surface area contributed by atoms with Gasteiger partial charge in [-0.05, 0) is 102 Å². The largest absolute Gasteiger partial charge is 0.756 e. The first-order chi connectivity index (χ1) is 40.4. The summed E-state index contributed by atoms with van der Waals surface area (Å²) >= 11 is 0. The molecule has 0 fully saturated rings. The van der Waals surface area contributed by atoms with Crippen LogP contribution >= 0.6 is 7.82 Å². The Morgan fingerprint density at radius 1 is 0.422 bits per heavy atom. The van der Waals surface area contributed by atoms with Gasteiger partial charge in [-0.15, -0.1) is 0 Å². The SMILES string of the molecule is CCCCC/C=C\C/C=C\C/C=C\CCCCCCCCCCCCCCC(=O)OC(/C=C\CCCCCCCCCCCCC)C(COP(=O)([O-])OCC[N+](C)(C)C)NC(=O)CCCCCCCCCCC/C=C\C/C=C\CCCCC. The normalized spacial score (nSPS) is 14.0. The van der Waals surface area contributed by atoms with Crippen molar-refractivity contribution in [3.8, 4) is 0 Å². The van der Waals surface area contributed by atoms with Gasteiger partial charge in [0.05, 0.1) is 33.8 Å². The summed E-state index contributed by atoms with van der Waals surface area (Å²) in [5.41, 5.74) is 0. The first kappa shape index (κ1) is 80.5. The van der Waals surface area contributed by atoms with E-state index in [1.807, 2.05) is 33.3 Å². The predicted octanol–water partition coefficient (Wildman–Crippen LogP) is 21.7. The van der Waals surface area contributed by atoms with Crippen LogP contribution < -0.4 is 10.2 Å². The number of rotatable bonds is 64. The van der Waals surface area contributed by atoms with Gasteiger partial charge in [-0.1, -0.05) is 287 Å². The molecular weight excluding hydrogens is 1050 g/mol. The zero-order chi connectivity index (χ0) is 60.7. The lowest BCUT2D eigenvalue weighted by molar-refractivity contribution is -0.870. The maximum absolute atomic E-state index is 13.6. The first-order valence-corrected chi connectivity index (χ1v) is 36.7. The van der Waals surface area contributed by atoms with E-state index in [9.17, 15) is 19.0 Å². The number of quaternary nitrogens is 1. The Balaban J connectivity index is 5.11. The Morgan fingerprint density at radius 2 is 0.735 bits per heavy atom. The van der Waals surface area contributed by atoms with Crippen molar-refractivity contribution in [2.24, 2.45) is 0 Å². The number of likely N-dealkylation sites (N-methyl/N-ethyl adjacent to an activating group) is 1. The second-order valence-electron chi connectivity index (χ2n) is 25.0. The number of phosphoric acid groups is 1. The Hall–Kier alpha value is -2.55. The van der Waals surface area contributed by atoms with Crippen molar-refractivity contribution in [3.63, 3.8) is 0 Å². The van der Waals surface area contributed by atoms with Crippen LogP contribution in [0, 0.1) is 0 Å². The fourth-order valence-corrected chi connectivity index (χ4v) is 10.9. The summed E-state index contributed by atoms with van der Waals surface area (Å²) in [6.45, 7) is 6.82. The molecule has 0 saturated heterocycles. The second kappa shape index (κ2) is 62.5. The summed E-state index contributed by atoms with van der Waals surface area (Å²) in [7, 11) is 1.18. The molecule has 83 heavy (non-hydrogen) atoms. The van der Waals surface area contributed by atoms with Gasteiger partial charge in [0, 0.05) is 12.8 Å². The molecule has 9 nitrogen and oxygen atoms in total. The number of carbonyl (C=O) groups is 2. The third-order valence-electron chi connectivity index (χ3n) is 15.6. The molecule has 0 aromatic rings. The van der Waals surface area contributed by atoms with Crippen molar-refractivity contribution < 1.29 is 37.3 Å². The highest BCUT2D eigenvalue weighted by Gasteiger charge is 2.27. The Labute approximate surface area is 514 Å². The summed E-state index contributed by atoms with van der Waals surface area (Å²) < 4.78 is 30.5. The van der Waals surface area contributed by atoms with Gasteiger partial charge in [-0.3, -0.25) is 14.2 Å². The van der Waals surface area contributed by atoms with Gasteiger partial charge >= 0.3 is 5.97 Å². The van der Waals surface area contributed by atoms with Gasteiger partial charge in [0.25, 0.3) is 7.82 Å². The lowest BCUT2D eigenvalue weighted by Gasteiger charge is -2.30. The zero-order valence-corrected chi connectivity index (χ0v) is 56.3. The van der Waals surface area contributed by atoms with Crippen LogP contribution in [0.15, 0.2) is 72.9 Å². The molecule has 0 rings (SSSR count). The van der Waals surface area contributed by atoms with Crippen molar-refractivity contribution in [2.75, 3.05) is 40.9 Å². The molecule has 0 radical (unpaired) electrons. The molecule has 0 aliphatic carbocycles. The highest BCUT2D eigenvalue weighted by molar-refractivity contribution is 7.45. The van der Waals surface area contributed by atoms with Crippen molar-refractivity contribution in [1.82, 2.24) is 5.32 Å². The highest BCUT2D eigenvalue weighted by Crippen LogP contribution is 2.38. The lowest BCUT2D eigenvalue weighted by Crippen LogP contribution is -2.47. The second-order valence-corrected chi connectivity index (χ2v) is 26.4. The van der Waals surface area contributed by atoms with Crippen molar-refractivity contribution in [3.05, 3.63) is 72.9 Å². The van der Waals surface area contributed by atoms with E-state index in [0.29, 0.717) is 17.4 Å². The third kappa shape index (κ3) is 63.8. The van der Waals surface area contributed by atoms with Crippen LogP contribution in [0.3, 0.4) is 0 Å². The number of ether oxygens (including phenoxy) is 1. The van der Waals surface area contributed by atoms with Gasteiger partial charge in [0.15, 0.2) is 0 Å². The molecule has 0 bridgehead atoms. The molecule has 0 aliphatic heterocycles. The smallest absolute Gasteiger partial charge is 0.306 e. The number of hydrogen-bond donors (Lipinski definition) is 1. The average molecular weight is 1180 g/mol. The summed E-state index contributed by atoms with van der Waals surface area (Å²) in [4.78, 5) is 40.2. The van der Waals surface area contributed by atoms with E-state index < -0.39 is 26.6 Å². The quantitative estimate of drug-likeness (QED) is 0.0212. The fourth-order valence-electron chi connectivity index (χ4n) is 10.1. The molecule has 484 valence electrons. The van der Waals surface area contributed by atoms with Crippen LogP contribution in [0.4, 0.5) is 0 Å². The monoisotopic (exact) mass is 1180 g/mol.